The molecule has 13 heteroatoms. The molecule has 0 bridgehead atoms. The van der Waals surface area contributed by atoms with Gasteiger partial charge >= 0.3 is 0 Å². The minimum absolute atomic E-state index is 0.0617. The first-order chi connectivity index (χ1) is 16.3. The van der Waals surface area contributed by atoms with E-state index in [1.807, 2.05) is 19.9 Å². The van der Waals surface area contributed by atoms with Crippen molar-refractivity contribution in [1.82, 2.24) is 29.7 Å². The lowest BCUT2D eigenvalue weighted by molar-refractivity contribution is 0.0466. The first-order valence-corrected chi connectivity index (χ1v) is 12.6. The number of pyridine rings is 1. The molecule has 0 saturated carbocycles. The Bertz CT molecular complexity index is 1190. The second-order valence-corrected chi connectivity index (χ2v) is 10.1. The van der Waals surface area contributed by atoms with E-state index in [0.29, 0.717) is 42.6 Å². The van der Waals surface area contributed by atoms with Gasteiger partial charge in [0.15, 0.2) is 11.6 Å². The lowest BCUT2D eigenvalue weighted by atomic mass is 10.2. The summed E-state index contributed by atoms with van der Waals surface area (Å²) in [4.78, 5) is 12.5. The van der Waals surface area contributed by atoms with Gasteiger partial charge < -0.3 is 9.47 Å². The Labute approximate surface area is 204 Å². The number of aromatic nitrogens is 6. The number of hydrogen-bond donors (Lipinski definition) is 1. The van der Waals surface area contributed by atoms with Gasteiger partial charge in [0.25, 0.3) is 0 Å². The highest BCUT2D eigenvalue weighted by Gasteiger charge is 2.34. The van der Waals surface area contributed by atoms with Crippen LogP contribution in [0.2, 0.25) is 5.02 Å². The normalized spacial score (nSPS) is 13.6. The van der Waals surface area contributed by atoms with Crippen LogP contribution in [0, 0.1) is 6.92 Å². The van der Waals surface area contributed by atoms with Crippen LogP contribution in [0.3, 0.4) is 0 Å². The third-order valence-electron chi connectivity index (χ3n) is 4.95. The van der Waals surface area contributed by atoms with Crippen molar-refractivity contribution in [3.05, 3.63) is 47.3 Å². The lowest BCUT2D eigenvalue weighted by Gasteiger charge is -2.23. The van der Waals surface area contributed by atoms with Crippen LogP contribution in [0.5, 0.6) is 0 Å². The summed E-state index contributed by atoms with van der Waals surface area (Å²) < 4.78 is 42.0. The van der Waals surface area contributed by atoms with E-state index in [9.17, 15) is 8.42 Å². The number of nitrogens with one attached hydrogen (secondary N) is 1. The molecule has 0 spiro atoms. The Morgan fingerprint density at radius 3 is 2.53 bits per heavy atom. The van der Waals surface area contributed by atoms with Gasteiger partial charge in [-0.3, -0.25) is 14.3 Å². The molecule has 0 aliphatic carbocycles. The van der Waals surface area contributed by atoms with Crippen molar-refractivity contribution in [3.63, 3.8) is 0 Å². The van der Waals surface area contributed by atoms with E-state index in [2.05, 4.69) is 29.9 Å². The molecule has 3 heterocycles. The summed E-state index contributed by atoms with van der Waals surface area (Å²) in [5.74, 6) is 0.758. The molecule has 3 aromatic rings. The molecule has 3 aromatic heterocycles. The highest BCUT2D eigenvalue weighted by atomic mass is 35.5. The number of hydrogen-bond acceptors (Lipinski definition) is 9. The van der Waals surface area contributed by atoms with Crippen molar-refractivity contribution in [2.45, 2.75) is 45.1 Å². The van der Waals surface area contributed by atoms with E-state index in [0.717, 1.165) is 5.56 Å². The number of rotatable bonds is 12. The molecular weight excluding hydrogens is 482 g/mol. The third-order valence-corrected chi connectivity index (χ3v) is 6.84. The van der Waals surface area contributed by atoms with Crippen molar-refractivity contribution < 1.29 is 17.9 Å². The Hall–Kier alpha value is -2.67. The fourth-order valence-electron chi connectivity index (χ4n) is 3.18. The van der Waals surface area contributed by atoms with Gasteiger partial charge in [-0.2, -0.15) is 0 Å². The number of nitrogens with zero attached hydrogens (tertiary/aromatic N) is 6. The molecule has 0 unspecified atom stereocenters. The number of halogens is 1. The zero-order valence-electron chi connectivity index (χ0n) is 19.5. The molecule has 0 aliphatic heterocycles. The zero-order chi connectivity index (χ0) is 24.7. The Kier molecular flexibility index (Phi) is 8.89. The predicted octanol–water partition coefficient (Wildman–Crippen LogP) is 3.04. The van der Waals surface area contributed by atoms with Gasteiger partial charge in [0.2, 0.25) is 16.0 Å². The minimum Gasteiger partial charge on any atom is -0.383 e. The van der Waals surface area contributed by atoms with Gasteiger partial charge in [0.1, 0.15) is 11.4 Å². The molecule has 34 heavy (non-hydrogen) atoms. The van der Waals surface area contributed by atoms with Crippen LogP contribution < -0.4 is 4.72 Å². The number of aryl methyl sites for hydroxylation is 1. The Morgan fingerprint density at radius 2 is 1.88 bits per heavy atom. The van der Waals surface area contributed by atoms with E-state index in [4.69, 9.17) is 21.1 Å². The summed E-state index contributed by atoms with van der Waals surface area (Å²) in [5, 5.41) is 7.60. The van der Waals surface area contributed by atoms with Crippen molar-refractivity contribution in [1.29, 1.82) is 0 Å². The fourth-order valence-corrected chi connectivity index (χ4v) is 4.40. The SMILES string of the molecule is CCCO[C@@H](c1ncc(Cl)cn1)[C@H](C)S(=O)(=O)Nc1nnc(-c2cncc(C)c2)n1CCOC. The number of sulfonamides is 1. The van der Waals surface area contributed by atoms with Crippen LogP contribution in [-0.2, 0) is 26.0 Å². The van der Waals surface area contributed by atoms with Crippen molar-refractivity contribution >= 4 is 27.6 Å². The van der Waals surface area contributed by atoms with Crippen LogP contribution in [0.1, 0.15) is 37.8 Å². The summed E-state index contributed by atoms with van der Waals surface area (Å²) in [6, 6.07) is 1.90. The second-order valence-electron chi connectivity index (χ2n) is 7.65. The molecule has 0 saturated heterocycles. The average molecular weight is 510 g/mol. The predicted molar refractivity (Wildman–Crippen MR) is 128 cm³/mol. The monoisotopic (exact) mass is 509 g/mol. The van der Waals surface area contributed by atoms with Crippen LogP contribution >= 0.6 is 11.6 Å². The molecule has 0 aliphatic rings. The summed E-state index contributed by atoms with van der Waals surface area (Å²) in [6.45, 7) is 6.36. The van der Waals surface area contributed by atoms with Gasteiger partial charge in [-0.15, -0.1) is 10.2 Å². The number of ether oxygens (including phenoxy) is 2. The molecule has 11 nitrogen and oxygen atoms in total. The summed E-state index contributed by atoms with van der Waals surface area (Å²) >= 11 is 5.89. The van der Waals surface area contributed by atoms with E-state index < -0.39 is 21.4 Å². The fraction of sp³-hybridized carbons (Fsp3) is 0.476. The highest BCUT2D eigenvalue weighted by Crippen LogP contribution is 2.27. The maximum atomic E-state index is 13.4. The topological polar surface area (TPSA) is 134 Å². The molecule has 0 amide bonds. The molecule has 0 aromatic carbocycles. The molecule has 0 fully saturated rings. The van der Waals surface area contributed by atoms with Crippen molar-refractivity contribution in [3.8, 4) is 11.4 Å². The van der Waals surface area contributed by atoms with Gasteiger partial charge in [0, 0.05) is 44.1 Å². The highest BCUT2D eigenvalue weighted by molar-refractivity contribution is 7.93. The van der Waals surface area contributed by atoms with Crippen LogP contribution in [0.25, 0.3) is 11.4 Å². The van der Waals surface area contributed by atoms with E-state index in [1.54, 1.807) is 24.1 Å². The van der Waals surface area contributed by atoms with Gasteiger partial charge in [-0.1, -0.05) is 18.5 Å². The zero-order valence-corrected chi connectivity index (χ0v) is 21.0. The largest absolute Gasteiger partial charge is 0.383 e. The Balaban J connectivity index is 1.93. The maximum absolute atomic E-state index is 13.4. The summed E-state index contributed by atoms with van der Waals surface area (Å²) in [6.07, 6.45) is 5.97. The summed E-state index contributed by atoms with van der Waals surface area (Å²) in [7, 11) is -2.43. The molecule has 1 N–H and O–H groups in total. The van der Waals surface area contributed by atoms with E-state index in [-0.39, 0.29) is 11.8 Å². The first kappa shape index (κ1) is 25.9. The van der Waals surface area contributed by atoms with Crippen molar-refractivity contribution in [2.24, 2.45) is 0 Å². The molecule has 3 rings (SSSR count). The van der Waals surface area contributed by atoms with E-state index in [1.165, 1.54) is 19.3 Å². The Morgan fingerprint density at radius 1 is 1.15 bits per heavy atom. The van der Waals surface area contributed by atoms with Gasteiger partial charge in [-0.25, -0.2) is 18.4 Å². The number of anilines is 1. The average Bonchev–Trinajstić information content (AvgIpc) is 3.20. The lowest BCUT2D eigenvalue weighted by Crippen LogP contribution is -2.34. The number of methoxy groups -OCH3 is 1. The van der Waals surface area contributed by atoms with Crippen molar-refractivity contribution in [2.75, 3.05) is 25.0 Å². The smallest absolute Gasteiger partial charge is 0.240 e. The van der Waals surface area contributed by atoms with Crippen LogP contribution in [-0.4, -0.2) is 63.7 Å². The summed E-state index contributed by atoms with van der Waals surface area (Å²) in [5.41, 5.74) is 1.65. The minimum atomic E-state index is -3.99. The van der Waals surface area contributed by atoms with E-state index >= 15 is 0 Å². The maximum Gasteiger partial charge on any atom is 0.240 e. The standard InChI is InChI=1S/C21H28ClN7O4S/c1-5-7-33-18(19-24-12-17(22)13-25-19)15(3)34(30,31)28-21-27-26-20(29(21)6-8-32-4)16-9-14(2)10-23-11-16/h9-13,15,18H,5-8H2,1-4H3,(H,27,28)/t15-,18+/m0/s1. The quantitative estimate of drug-likeness (QED) is 0.390. The molecule has 2 atom stereocenters. The third kappa shape index (κ3) is 6.26. The molecule has 184 valence electrons. The van der Waals surface area contributed by atoms with Gasteiger partial charge in [-0.05, 0) is 31.9 Å². The molecular formula is C21H28ClN7O4S. The van der Waals surface area contributed by atoms with Crippen LogP contribution in [0.15, 0.2) is 30.9 Å². The first-order valence-electron chi connectivity index (χ1n) is 10.7. The second kappa shape index (κ2) is 11.6. The van der Waals surface area contributed by atoms with Gasteiger partial charge in [0.05, 0.1) is 18.2 Å². The van der Waals surface area contributed by atoms with Crippen LogP contribution in [0.4, 0.5) is 5.95 Å². The molecule has 0 radical (unpaired) electrons.